The van der Waals surface area contributed by atoms with Crippen LogP contribution >= 0.6 is 0 Å². The van der Waals surface area contributed by atoms with Crippen molar-refractivity contribution in [1.82, 2.24) is 5.32 Å². The molecule has 1 unspecified atom stereocenters. The molecule has 0 heterocycles. The molecule has 0 aliphatic heterocycles. The standard InChI is InChI=1S/C12H14F2N2O4/c1-6(17)12(2,3)15-11(18)8-4-7(13)5-9(10(8)14)16(19)20/h4-6,17H,1-3H3,(H,15,18). The van der Waals surface area contributed by atoms with E-state index in [-0.39, 0.29) is 0 Å². The molecule has 20 heavy (non-hydrogen) atoms. The number of aliphatic hydroxyl groups excluding tert-OH is 1. The lowest BCUT2D eigenvalue weighted by Gasteiger charge is -2.29. The zero-order chi connectivity index (χ0) is 15.7. The number of hydrogen-bond donors (Lipinski definition) is 2. The highest BCUT2D eigenvalue weighted by molar-refractivity contribution is 5.95. The van der Waals surface area contributed by atoms with Gasteiger partial charge >= 0.3 is 5.69 Å². The van der Waals surface area contributed by atoms with E-state index >= 15 is 0 Å². The van der Waals surface area contributed by atoms with Crippen LogP contribution in [0.15, 0.2) is 12.1 Å². The summed E-state index contributed by atoms with van der Waals surface area (Å²) < 4.78 is 27.0. The van der Waals surface area contributed by atoms with Crippen molar-refractivity contribution in [1.29, 1.82) is 0 Å². The molecule has 0 saturated heterocycles. The Hall–Kier alpha value is -2.09. The molecule has 0 spiro atoms. The first-order chi connectivity index (χ1) is 9.06. The number of nitro groups is 1. The van der Waals surface area contributed by atoms with Crippen molar-refractivity contribution >= 4 is 11.6 Å². The van der Waals surface area contributed by atoms with E-state index in [4.69, 9.17) is 0 Å². The van der Waals surface area contributed by atoms with E-state index in [2.05, 4.69) is 5.32 Å². The number of benzene rings is 1. The van der Waals surface area contributed by atoms with Crippen LogP contribution in [0.25, 0.3) is 0 Å². The number of rotatable bonds is 4. The molecular weight excluding hydrogens is 274 g/mol. The summed E-state index contributed by atoms with van der Waals surface area (Å²) in [5.41, 5.74) is -3.01. The van der Waals surface area contributed by atoms with Gasteiger partial charge in [0.1, 0.15) is 5.82 Å². The maximum atomic E-state index is 13.8. The zero-order valence-corrected chi connectivity index (χ0v) is 11.1. The van der Waals surface area contributed by atoms with E-state index in [1.807, 2.05) is 0 Å². The Morgan fingerprint density at radius 1 is 1.45 bits per heavy atom. The summed E-state index contributed by atoms with van der Waals surface area (Å²) in [6.45, 7) is 4.35. The Kier molecular flexibility index (Phi) is 4.39. The zero-order valence-electron chi connectivity index (χ0n) is 11.1. The number of nitrogens with zero attached hydrogens (tertiary/aromatic N) is 1. The van der Waals surface area contributed by atoms with E-state index in [1.165, 1.54) is 20.8 Å². The average molecular weight is 288 g/mol. The van der Waals surface area contributed by atoms with Gasteiger partial charge in [-0.2, -0.15) is 4.39 Å². The van der Waals surface area contributed by atoms with Gasteiger partial charge in [0.2, 0.25) is 5.82 Å². The van der Waals surface area contributed by atoms with Crippen molar-refractivity contribution < 1.29 is 23.6 Å². The molecule has 0 saturated carbocycles. The van der Waals surface area contributed by atoms with Gasteiger partial charge in [0.25, 0.3) is 5.91 Å². The lowest BCUT2D eigenvalue weighted by molar-refractivity contribution is -0.387. The fraction of sp³-hybridized carbons (Fsp3) is 0.417. The number of nitrogens with one attached hydrogen (secondary N) is 1. The summed E-state index contributed by atoms with van der Waals surface area (Å²) in [4.78, 5) is 21.3. The van der Waals surface area contributed by atoms with Crippen molar-refractivity contribution in [3.05, 3.63) is 39.4 Å². The maximum absolute atomic E-state index is 13.8. The minimum atomic E-state index is -1.42. The summed E-state index contributed by atoms with van der Waals surface area (Å²) in [6.07, 6.45) is -0.960. The summed E-state index contributed by atoms with van der Waals surface area (Å²) in [5, 5.41) is 22.3. The van der Waals surface area contributed by atoms with Crippen LogP contribution < -0.4 is 5.32 Å². The van der Waals surface area contributed by atoms with Gasteiger partial charge in [-0.1, -0.05) is 0 Å². The molecular formula is C12H14F2N2O4. The average Bonchev–Trinajstić information content (AvgIpc) is 2.30. The fourth-order valence-electron chi connectivity index (χ4n) is 1.34. The Morgan fingerprint density at radius 2 is 2.00 bits per heavy atom. The first-order valence-corrected chi connectivity index (χ1v) is 5.70. The Balaban J connectivity index is 3.21. The third-order valence-corrected chi connectivity index (χ3v) is 2.94. The topological polar surface area (TPSA) is 92.5 Å². The highest BCUT2D eigenvalue weighted by atomic mass is 19.1. The molecule has 6 nitrogen and oxygen atoms in total. The Labute approximate surface area is 113 Å². The molecule has 0 aliphatic carbocycles. The first-order valence-electron chi connectivity index (χ1n) is 5.70. The normalized spacial score (nSPS) is 12.9. The van der Waals surface area contributed by atoms with E-state index in [0.717, 1.165) is 0 Å². The van der Waals surface area contributed by atoms with Crippen LogP contribution in [-0.4, -0.2) is 27.6 Å². The number of hydrogen-bond acceptors (Lipinski definition) is 4. The second-order valence-corrected chi connectivity index (χ2v) is 4.90. The summed E-state index contributed by atoms with van der Waals surface area (Å²) in [5.74, 6) is -3.57. The molecule has 0 fully saturated rings. The van der Waals surface area contributed by atoms with Gasteiger partial charge in [-0.25, -0.2) is 4.39 Å². The van der Waals surface area contributed by atoms with Gasteiger partial charge in [0.15, 0.2) is 0 Å². The molecule has 0 radical (unpaired) electrons. The predicted octanol–water partition coefficient (Wildman–Crippen LogP) is 1.76. The van der Waals surface area contributed by atoms with Crippen LogP contribution in [0.5, 0.6) is 0 Å². The van der Waals surface area contributed by atoms with Crippen LogP contribution in [-0.2, 0) is 0 Å². The fourth-order valence-corrected chi connectivity index (χ4v) is 1.34. The maximum Gasteiger partial charge on any atom is 0.308 e. The van der Waals surface area contributed by atoms with Crippen molar-refractivity contribution in [3.63, 3.8) is 0 Å². The van der Waals surface area contributed by atoms with E-state index in [0.29, 0.717) is 12.1 Å². The van der Waals surface area contributed by atoms with E-state index in [1.54, 1.807) is 0 Å². The lowest BCUT2D eigenvalue weighted by Crippen LogP contribution is -2.51. The number of aliphatic hydroxyl groups is 1. The van der Waals surface area contributed by atoms with Crippen molar-refractivity contribution in [2.45, 2.75) is 32.4 Å². The van der Waals surface area contributed by atoms with Gasteiger partial charge < -0.3 is 10.4 Å². The summed E-state index contributed by atoms with van der Waals surface area (Å²) in [7, 11) is 0. The molecule has 1 rings (SSSR count). The molecule has 1 aromatic carbocycles. The van der Waals surface area contributed by atoms with Crippen LogP contribution in [0, 0.1) is 21.7 Å². The third-order valence-electron chi connectivity index (χ3n) is 2.94. The molecule has 2 N–H and O–H groups in total. The minimum Gasteiger partial charge on any atom is -0.391 e. The Bertz CT molecular complexity index is 559. The second kappa shape index (κ2) is 5.49. The van der Waals surface area contributed by atoms with Crippen molar-refractivity contribution in [2.24, 2.45) is 0 Å². The van der Waals surface area contributed by atoms with Crippen molar-refractivity contribution in [2.75, 3.05) is 0 Å². The summed E-state index contributed by atoms with van der Waals surface area (Å²) >= 11 is 0. The van der Waals surface area contributed by atoms with Gasteiger partial charge in [-0.15, -0.1) is 0 Å². The Morgan fingerprint density at radius 3 is 2.45 bits per heavy atom. The van der Waals surface area contributed by atoms with E-state index in [9.17, 15) is 28.8 Å². The lowest BCUT2D eigenvalue weighted by atomic mass is 9.98. The largest absolute Gasteiger partial charge is 0.391 e. The molecule has 1 atom stereocenters. The smallest absolute Gasteiger partial charge is 0.308 e. The molecule has 1 aromatic rings. The van der Waals surface area contributed by atoms with Crippen LogP contribution in [0.2, 0.25) is 0 Å². The number of nitro benzene ring substituents is 1. The van der Waals surface area contributed by atoms with Crippen LogP contribution in [0.1, 0.15) is 31.1 Å². The highest BCUT2D eigenvalue weighted by Gasteiger charge is 2.30. The quantitative estimate of drug-likeness (QED) is 0.652. The molecule has 8 heteroatoms. The molecule has 0 bridgehead atoms. The van der Waals surface area contributed by atoms with Gasteiger partial charge in [0.05, 0.1) is 28.2 Å². The molecule has 110 valence electrons. The molecule has 0 aliphatic rings. The molecule has 0 aromatic heterocycles. The summed E-state index contributed by atoms with van der Waals surface area (Å²) in [6, 6.07) is 0.960. The highest BCUT2D eigenvalue weighted by Crippen LogP contribution is 2.23. The number of amides is 1. The number of carbonyl (C=O) groups excluding carboxylic acids is 1. The minimum absolute atomic E-state index is 0.395. The van der Waals surface area contributed by atoms with Gasteiger partial charge in [-0.05, 0) is 26.8 Å². The SMILES string of the molecule is CC(O)C(C)(C)NC(=O)c1cc(F)cc([N+](=O)[O-])c1F. The van der Waals surface area contributed by atoms with Gasteiger partial charge in [-0.3, -0.25) is 14.9 Å². The number of carbonyl (C=O) groups is 1. The first kappa shape index (κ1) is 16.0. The monoisotopic (exact) mass is 288 g/mol. The van der Waals surface area contributed by atoms with Gasteiger partial charge in [0, 0.05) is 0 Å². The molecule has 1 amide bonds. The van der Waals surface area contributed by atoms with Crippen molar-refractivity contribution in [3.8, 4) is 0 Å². The van der Waals surface area contributed by atoms with Crippen LogP contribution in [0.4, 0.5) is 14.5 Å². The second-order valence-electron chi connectivity index (χ2n) is 4.90. The third kappa shape index (κ3) is 3.27. The predicted molar refractivity (Wildman–Crippen MR) is 66.2 cm³/mol. The van der Waals surface area contributed by atoms with E-state index < -0.39 is 45.4 Å². The van der Waals surface area contributed by atoms with Crippen LogP contribution in [0.3, 0.4) is 0 Å². The number of halogens is 2.